The summed E-state index contributed by atoms with van der Waals surface area (Å²) in [5.41, 5.74) is 0.708. The number of aromatic nitrogens is 4. The van der Waals surface area contributed by atoms with Crippen molar-refractivity contribution >= 4 is 17.4 Å². The predicted octanol–water partition coefficient (Wildman–Crippen LogP) is 1.43. The zero-order valence-corrected chi connectivity index (χ0v) is 13.5. The molecule has 0 unspecified atom stereocenters. The van der Waals surface area contributed by atoms with Crippen LogP contribution in [0.2, 0.25) is 0 Å². The van der Waals surface area contributed by atoms with Gasteiger partial charge < -0.3 is 10.2 Å². The van der Waals surface area contributed by atoms with Crippen LogP contribution in [0.15, 0.2) is 12.1 Å². The number of hydrogen-bond donors (Lipinski definition) is 1. The van der Waals surface area contributed by atoms with Crippen LogP contribution in [-0.4, -0.2) is 45.4 Å². The molecule has 0 saturated heterocycles. The molecule has 0 aliphatic rings. The zero-order valence-electron chi connectivity index (χ0n) is 13.5. The summed E-state index contributed by atoms with van der Waals surface area (Å²) >= 11 is 0. The van der Waals surface area contributed by atoms with Gasteiger partial charge in [0, 0.05) is 32.5 Å². The standard InChI is InChI=1S/C15H24N6O/c1-4-11-16-15(22)10-9-13-18-17-12-7-8-14(19-21(12)13)20(5-2)6-3/h7-8H,4-6,9-11H2,1-3H3,(H,16,22). The molecule has 0 saturated carbocycles. The van der Waals surface area contributed by atoms with Gasteiger partial charge in [0.25, 0.3) is 0 Å². The van der Waals surface area contributed by atoms with Crippen LogP contribution >= 0.6 is 0 Å². The van der Waals surface area contributed by atoms with Gasteiger partial charge in [-0.2, -0.15) is 4.52 Å². The number of fused-ring (bicyclic) bond motifs is 1. The number of hydrogen-bond acceptors (Lipinski definition) is 5. The molecule has 2 aromatic heterocycles. The minimum atomic E-state index is 0.0403. The van der Waals surface area contributed by atoms with E-state index < -0.39 is 0 Å². The molecule has 0 fully saturated rings. The Balaban J connectivity index is 2.13. The van der Waals surface area contributed by atoms with Crippen LogP contribution in [-0.2, 0) is 11.2 Å². The van der Waals surface area contributed by atoms with E-state index in [0.717, 1.165) is 31.2 Å². The summed E-state index contributed by atoms with van der Waals surface area (Å²) < 4.78 is 1.74. The first kappa shape index (κ1) is 16.2. The fourth-order valence-electron chi connectivity index (χ4n) is 2.27. The lowest BCUT2D eigenvalue weighted by Crippen LogP contribution is -2.25. The largest absolute Gasteiger partial charge is 0.356 e. The number of nitrogens with zero attached hydrogens (tertiary/aromatic N) is 5. The zero-order chi connectivity index (χ0) is 15.9. The molecule has 0 aliphatic carbocycles. The van der Waals surface area contributed by atoms with E-state index in [-0.39, 0.29) is 5.91 Å². The highest BCUT2D eigenvalue weighted by Gasteiger charge is 2.11. The topological polar surface area (TPSA) is 75.4 Å². The Kier molecular flexibility index (Phi) is 5.68. The molecule has 22 heavy (non-hydrogen) atoms. The molecule has 2 rings (SSSR count). The SMILES string of the molecule is CCCNC(=O)CCc1nnc2ccc(N(CC)CC)nn12. The molecule has 0 radical (unpaired) electrons. The van der Waals surface area contributed by atoms with Crippen LogP contribution in [0.5, 0.6) is 0 Å². The minimum absolute atomic E-state index is 0.0403. The van der Waals surface area contributed by atoms with Crippen molar-refractivity contribution in [3.63, 3.8) is 0 Å². The smallest absolute Gasteiger partial charge is 0.220 e. The summed E-state index contributed by atoms with van der Waals surface area (Å²) in [6.45, 7) is 8.73. The van der Waals surface area contributed by atoms with Crippen molar-refractivity contribution < 1.29 is 4.79 Å². The van der Waals surface area contributed by atoms with E-state index in [4.69, 9.17) is 0 Å². The first-order chi connectivity index (χ1) is 10.7. The van der Waals surface area contributed by atoms with Crippen LogP contribution in [0.3, 0.4) is 0 Å². The molecule has 0 bridgehead atoms. The Morgan fingerprint density at radius 1 is 1.23 bits per heavy atom. The minimum Gasteiger partial charge on any atom is -0.356 e. The van der Waals surface area contributed by atoms with Crippen LogP contribution < -0.4 is 10.2 Å². The molecule has 2 aromatic rings. The number of carbonyl (C=O) groups is 1. The van der Waals surface area contributed by atoms with Crippen LogP contribution in [0.1, 0.15) is 39.4 Å². The van der Waals surface area contributed by atoms with Gasteiger partial charge in [-0.05, 0) is 32.4 Å². The van der Waals surface area contributed by atoms with Crippen molar-refractivity contribution in [3.8, 4) is 0 Å². The van der Waals surface area contributed by atoms with Gasteiger partial charge in [-0.1, -0.05) is 6.92 Å². The fourth-order valence-corrected chi connectivity index (χ4v) is 2.27. The van der Waals surface area contributed by atoms with Gasteiger partial charge in [0.2, 0.25) is 5.91 Å². The highest BCUT2D eigenvalue weighted by Crippen LogP contribution is 2.12. The monoisotopic (exact) mass is 304 g/mol. The molecule has 7 heteroatoms. The summed E-state index contributed by atoms with van der Waals surface area (Å²) in [4.78, 5) is 13.9. The van der Waals surface area contributed by atoms with E-state index in [1.807, 2.05) is 19.1 Å². The van der Waals surface area contributed by atoms with Crippen LogP contribution in [0, 0.1) is 0 Å². The molecule has 7 nitrogen and oxygen atoms in total. The van der Waals surface area contributed by atoms with Crippen LogP contribution in [0.25, 0.3) is 5.65 Å². The van der Waals surface area contributed by atoms with Gasteiger partial charge in [-0.25, -0.2) is 0 Å². The average Bonchev–Trinajstić information content (AvgIpc) is 2.94. The summed E-state index contributed by atoms with van der Waals surface area (Å²) in [5.74, 6) is 1.66. The van der Waals surface area contributed by atoms with E-state index in [0.29, 0.717) is 25.0 Å². The van der Waals surface area contributed by atoms with Crippen molar-refractivity contribution in [2.24, 2.45) is 0 Å². The maximum Gasteiger partial charge on any atom is 0.220 e. The first-order valence-corrected chi connectivity index (χ1v) is 7.92. The number of aryl methyl sites for hydroxylation is 1. The van der Waals surface area contributed by atoms with Gasteiger partial charge >= 0.3 is 0 Å². The van der Waals surface area contributed by atoms with Crippen molar-refractivity contribution in [3.05, 3.63) is 18.0 Å². The van der Waals surface area contributed by atoms with Crippen molar-refractivity contribution in [2.75, 3.05) is 24.5 Å². The van der Waals surface area contributed by atoms with E-state index in [2.05, 4.69) is 39.4 Å². The van der Waals surface area contributed by atoms with Gasteiger partial charge in [0.15, 0.2) is 11.5 Å². The molecule has 0 spiro atoms. The third-order valence-electron chi connectivity index (χ3n) is 3.55. The summed E-state index contributed by atoms with van der Waals surface area (Å²) in [5, 5.41) is 15.7. The van der Waals surface area contributed by atoms with Crippen molar-refractivity contribution in [1.82, 2.24) is 25.1 Å². The summed E-state index contributed by atoms with van der Waals surface area (Å²) in [6, 6.07) is 3.86. The Hall–Kier alpha value is -2.18. The number of anilines is 1. The summed E-state index contributed by atoms with van der Waals surface area (Å²) in [7, 11) is 0. The van der Waals surface area contributed by atoms with E-state index in [1.165, 1.54) is 0 Å². The molecule has 1 amide bonds. The quantitative estimate of drug-likeness (QED) is 0.798. The van der Waals surface area contributed by atoms with Crippen LogP contribution in [0.4, 0.5) is 5.82 Å². The van der Waals surface area contributed by atoms with Crippen molar-refractivity contribution in [1.29, 1.82) is 0 Å². The lowest BCUT2D eigenvalue weighted by Gasteiger charge is -2.19. The molecule has 0 atom stereocenters. The molecule has 1 N–H and O–H groups in total. The maximum absolute atomic E-state index is 11.7. The molecule has 0 aliphatic heterocycles. The number of nitrogens with one attached hydrogen (secondary N) is 1. The third kappa shape index (κ3) is 3.72. The maximum atomic E-state index is 11.7. The highest BCUT2D eigenvalue weighted by atomic mass is 16.1. The Bertz CT molecular complexity index is 620. The molecule has 0 aromatic carbocycles. The number of amides is 1. The molecule has 2 heterocycles. The van der Waals surface area contributed by atoms with E-state index >= 15 is 0 Å². The number of carbonyl (C=O) groups excluding carboxylic acids is 1. The molecular formula is C15H24N6O. The second-order valence-electron chi connectivity index (χ2n) is 5.10. The van der Waals surface area contributed by atoms with Crippen molar-refractivity contribution in [2.45, 2.75) is 40.0 Å². The lowest BCUT2D eigenvalue weighted by atomic mass is 10.3. The summed E-state index contributed by atoms with van der Waals surface area (Å²) in [6.07, 6.45) is 1.87. The Labute approximate surface area is 130 Å². The normalized spacial score (nSPS) is 10.9. The van der Waals surface area contributed by atoms with Gasteiger partial charge in [-0.15, -0.1) is 15.3 Å². The predicted molar refractivity (Wildman–Crippen MR) is 86.0 cm³/mol. The lowest BCUT2D eigenvalue weighted by molar-refractivity contribution is -0.121. The number of rotatable bonds is 8. The second-order valence-corrected chi connectivity index (χ2v) is 5.10. The third-order valence-corrected chi connectivity index (χ3v) is 3.55. The van der Waals surface area contributed by atoms with Gasteiger partial charge in [-0.3, -0.25) is 4.79 Å². The molecule has 120 valence electrons. The van der Waals surface area contributed by atoms with Gasteiger partial charge in [0.1, 0.15) is 5.82 Å². The van der Waals surface area contributed by atoms with E-state index in [1.54, 1.807) is 4.52 Å². The second kappa shape index (κ2) is 7.72. The highest BCUT2D eigenvalue weighted by molar-refractivity contribution is 5.76. The average molecular weight is 304 g/mol. The Morgan fingerprint density at radius 2 is 2.00 bits per heavy atom. The fraction of sp³-hybridized carbons (Fsp3) is 0.600. The molecular weight excluding hydrogens is 280 g/mol. The van der Waals surface area contributed by atoms with Gasteiger partial charge in [0.05, 0.1) is 0 Å². The Morgan fingerprint density at radius 3 is 2.68 bits per heavy atom. The first-order valence-electron chi connectivity index (χ1n) is 7.92. The van der Waals surface area contributed by atoms with E-state index in [9.17, 15) is 4.79 Å².